The molecule has 5 heteroatoms. The highest BCUT2D eigenvalue weighted by molar-refractivity contribution is 9.08. The molecular formula is C15H9BrClFN2. The zero-order valence-corrected chi connectivity index (χ0v) is 12.6. The van der Waals surface area contributed by atoms with Crippen LogP contribution in [0.3, 0.4) is 0 Å². The zero-order chi connectivity index (χ0) is 14.1. The van der Waals surface area contributed by atoms with Crippen molar-refractivity contribution in [2.24, 2.45) is 0 Å². The van der Waals surface area contributed by atoms with Crippen LogP contribution in [-0.4, -0.2) is 9.97 Å². The average molecular weight is 352 g/mol. The van der Waals surface area contributed by atoms with E-state index in [2.05, 4.69) is 25.9 Å². The standard InChI is InChI=1S/C15H9BrClFN2/c16-8-13-14(9-4-1-2-5-10(9)17)20-15-11(18)6-3-7-12(15)19-13/h1-7H,8H2. The zero-order valence-electron chi connectivity index (χ0n) is 10.3. The molecule has 0 saturated carbocycles. The van der Waals surface area contributed by atoms with Crippen LogP contribution in [0, 0.1) is 5.82 Å². The molecule has 0 saturated heterocycles. The normalized spacial score (nSPS) is 10.9. The number of fused-ring (bicyclic) bond motifs is 1. The molecule has 0 radical (unpaired) electrons. The Labute approximate surface area is 128 Å². The second kappa shape index (κ2) is 5.46. The van der Waals surface area contributed by atoms with Crippen molar-refractivity contribution in [3.63, 3.8) is 0 Å². The maximum absolute atomic E-state index is 13.9. The number of halogens is 3. The van der Waals surface area contributed by atoms with E-state index in [0.717, 1.165) is 11.3 Å². The van der Waals surface area contributed by atoms with Crippen LogP contribution < -0.4 is 0 Å². The molecule has 0 atom stereocenters. The molecule has 3 aromatic rings. The van der Waals surface area contributed by atoms with Gasteiger partial charge >= 0.3 is 0 Å². The molecule has 2 aromatic carbocycles. The van der Waals surface area contributed by atoms with Crippen LogP contribution in [0.5, 0.6) is 0 Å². The highest BCUT2D eigenvalue weighted by Crippen LogP contribution is 2.30. The molecule has 3 rings (SSSR count). The summed E-state index contributed by atoms with van der Waals surface area (Å²) in [7, 11) is 0. The van der Waals surface area contributed by atoms with E-state index in [4.69, 9.17) is 11.6 Å². The summed E-state index contributed by atoms with van der Waals surface area (Å²) < 4.78 is 13.9. The summed E-state index contributed by atoms with van der Waals surface area (Å²) in [4.78, 5) is 8.89. The van der Waals surface area contributed by atoms with Gasteiger partial charge in [0.05, 0.1) is 21.9 Å². The monoisotopic (exact) mass is 350 g/mol. The quantitative estimate of drug-likeness (QED) is 0.608. The van der Waals surface area contributed by atoms with Gasteiger partial charge in [-0.3, -0.25) is 0 Å². The van der Waals surface area contributed by atoms with E-state index in [0.29, 0.717) is 21.6 Å². The number of alkyl halides is 1. The second-order valence-corrected chi connectivity index (χ2v) is 5.21. The highest BCUT2D eigenvalue weighted by Gasteiger charge is 2.14. The summed E-state index contributed by atoms with van der Waals surface area (Å²) in [6.07, 6.45) is 0. The van der Waals surface area contributed by atoms with Crippen molar-refractivity contribution < 1.29 is 4.39 Å². The molecule has 1 aromatic heterocycles. The van der Waals surface area contributed by atoms with E-state index < -0.39 is 0 Å². The molecular weight excluding hydrogens is 343 g/mol. The van der Waals surface area contributed by atoms with Crippen molar-refractivity contribution in [1.82, 2.24) is 9.97 Å². The fourth-order valence-electron chi connectivity index (χ4n) is 2.04. The van der Waals surface area contributed by atoms with Gasteiger partial charge in [-0.1, -0.05) is 51.8 Å². The van der Waals surface area contributed by atoms with Crippen molar-refractivity contribution in [2.75, 3.05) is 0 Å². The Morgan fingerprint density at radius 2 is 1.85 bits per heavy atom. The number of nitrogens with zero attached hydrogens (tertiary/aromatic N) is 2. The summed E-state index contributed by atoms with van der Waals surface area (Å²) >= 11 is 9.60. The first-order chi connectivity index (χ1) is 9.70. The predicted octanol–water partition coefficient (Wildman–Crippen LogP) is 4.98. The minimum absolute atomic E-state index is 0.257. The Bertz CT molecular complexity index is 792. The maximum Gasteiger partial charge on any atom is 0.151 e. The number of aromatic nitrogens is 2. The van der Waals surface area contributed by atoms with E-state index in [1.54, 1.807) is 18.2 Å². The molecule has 1 heterocycles. The summed E-state index contributed by atoms with van der Waals surface area (Å²) in [5.74, 6) is -0.385. The van der Waals surface area contributed by atoms with E-state index in [1.165, 1.54) is 6.07 Å². The maximum atomic E-state index is 13.9. The van der Waals surface area contributed by atoms with Crippen molar-refractivity contribution >= 4 is 38.6 Å². The first kappa shape index (κ1) is 13.5. The smallest absolute Gasteiger partial charge is 0.151 e. The third-order valence-corrected chi connectivity index (χ3v) is 3.83. The summed E-state index contributed by atoms with van der Waals surface area (Å²) in [5.41, 5.74) is 2.88. The lowest BCUT2D eigenvalue weighted by atomic mass is 10.1. The van der Waals surface area contributed by atoms with Gasteiger partial charge in [-0.25, -0.2) is 14.4 Å². The highest BCUT2D eigenvalue weighted by atomic mass is 79.9. The van der Waals surface area contributed by atoms with Crippen LogP contribution in [0.1, 0.15) is 5.69 Å². The Kier molecular flexibility index (Phi) is 3.68. The van der Waals surface area contributed by atoms with E-state index in [9.17, 15) is 4.39 Å². The SMILES string of the molecule is Fc1cccc2nc(CBr)c(-c3ccccc3Cl)nc12. The van der Waals surface area contributed by atoms with Gasteiger partial charge in [0, 0.05) is 10.9 Å². The van der Waals surface area contributed by atoms with Crippen LogP contribution in [0.2, 0.25) is 5.02 Å². The van der Waals surface area contributed by atoms with Gasteiger partial charge in [0.1, 0.15) is 5.52 Å². The Hall–Kier alpha value is -1.52. The van der Waals surface area contributed by atoms with Crippen LogP contribution in [0.25, 0.3) is 22.3 Å². The largest absolute Gasteiger partial charge is 0.248 e. The lowest BCUT2D eigenvalue weighted by Crippen LogP contribution is -1.98. The molecule has 0 amide bonds. The number of hydrogen-bond acceptors (Lipinski definition) is 2. The average Bonchev–Trinajstić information content (AvgIpc) is 2.47. The molecule has 100 valence electrons. The van der Waals surface area contributed by atoms with Crippen molar-refractivity contribution in [3.05, 3.63) is 59.0 Å². The van der Waals surface area contributed by atoms with Gasteiger partial charge < -0.3 is 0 Å². The number of benzene rings is 2. The molecule has 0 N–H and O–H groups in total. The molecule has 2 nitrogen and oxygen atoms in total. The molecule has 0 bridgehead atoms. The van der Waals surface area contributed by atoms with Crippen molar-refractivity contribution in [1.29, 1.82) is 0 Å². The fraction of sp³-hybridized carbons (Fsp3) is 0.0667. The Morgan fingerprint density at radius 3 is 2.60 bits per heavy atom. The predicted molar refractivity (Wildman–Crippen MR) is 82.6 cm³/mol. The minimum atomic E-state index is -0.385. The number of hydrogen-bond donors (Lipinski definition) is 0. The third-order valence-electron chi connectivity index (χ3n) is 2.97. The lowest BCUT2D eigenvalue weighted by molar-refractivity contribution is 0.636. The first-order valence-corrected chi connectivity index (χ1v) is 7.46. The Balaban J connectivity index is 2.34. The molecule has 0 unspecified atom stereocenters. The molecule has 20 heavy (non-hydrogen) atoms. The first-order valence-electron chi connectivity index (χ1n) is 5.96. The summed E-state index contributed by atoms with van der Waals surface area (Å²) in [5, 5.41) is 1.09. The molecule has 0 aliphatic rings. The van der Waals surface area contributed by atoms with Gasteiger partial charge in [0.15, 0.2) is 5.82 Å². The van der Waals surface area contributed by atoms with Crippen molar-refractivity contribution in [2.45, 2.75) is 5.33 Å². The van der Waals surface area contributed by atoms with Crippen LogP contribution in [0.4, 0.5) is 4.39 Å². The number of para-hydroxylation sites is 1. The van der Waals surface area contributed by atoms with Crippen LogP contribution in [0.15, 0.2) is 42.5 Å². The molecule has 0 fully saturated rings. The fourth-order valence-corrected chi connectivity index (χ4v) is 2.66. The van der Waals surface area contributed by atoms with E-state index in [-0.39, 0.29) is 11.3 Å². The lowest BCUT2D eigenvalue weighted by Gasteiger charge is -2.09. The summed E-state index contributed by atoms with van der Waals surface area (Å²) in [6, 6.07) is 12.1. The summed E-state index contributed by atoms with van der Waals surface area (Å²) in [6.45, 7) is 0. The molecule has 0 aliphatic carbocycles. The third kappa shape index (κ3) is 2.30. The minimum Gasteiger partial charge on any atom is -0.248 e. The van der Waals surface area contributed by atoms with Crippen molar-refractivity contribution in [3.8, 4) is 11.3 Å². The molecule has 0 spiro atoms. The second-order valence-electron chi connectivity index (χ2n) is 4.24. The molecule has 0 aliphatic heterocycles. The van der Waals surface area contributed by atoms with Gasteiger partial charge in [0.25, 0.3) is 0 Å². The van der Waals surface area contributed by atoms with Gasteiger partial charge in [-0.15, -0.1) is 0 Å². The van der Waals surface area contributed by atoms with Crippen LogP contribution in [-0.2, 0) is 5.33 Å². The topological polar surface area (TPSA) is 25.8 Å². The van der Waals surface area contributed by atoms with E-state index >= 15 is 0 Å². The van der Waals surface area contributed by atoms with Gasteiger partial charge in [-0.2, -0.15) is 0 Å². The van der Waals surface area contributed by atoms with Crippen LogP contribution >= 0.6 is 27.5 Å². The van der Waals surface area contributed by atoms with E-state index in [1.807, 2.05) is 18.2 Å². The van der Waals surface area contributed by atoms with Gasteiger partial charge in [0.2, 0.25) is 0 Å². The van der Waals surface area contributed by atoms with Gasteiger partial charge in [-0.05, 0) is 18.2 Å². The number of rotatable bonds is 2. The Morgan fingerprint density at radius 1 is 1.05 bits per heavy atom.